The van der Waals surface area contributed by atoms with E-state index in [0.29, 0.717) is 6.04 Å². The van der Waals surface area contributed by atoms with Crippen molar-refractivity contribution in [3.8, 4) is 0 Å². The molecule has 0 spiro atoms. The van der Waals surface area contributed by atoms with Crippen LogP contribution in [-0.2, 0) is 9.63 Å². The first kappa shape index (κ1) is 13.4. The Morgan fingerprint density at radius 2 is 2.10 bits per heavy atom. The molecule has 0 bridgehead atoms. The summed E-state index contributed by atoms with van der Waals surface area (Å²) in [6, 6.07) is 10.6. The third kappa shape index (κ3) is 2.17. The summed E-state index contributed by atoms with van der Waals surface area (Å²) in [5.74, 6) is 0.000697. The van der Waals surface area contributed by atoms with E-state index in [2.05, 4.69) is 21.9 Å². The molecule has 1 aromatic carbocycles. The molecular formula is C15H21N3O2. The Morgan fingerprint density at radius 3 is 2.80 bits per heavy atom. The fourth-order valence-corrected chi connectivity index (χ4v) is 3.28. The van der Waals surface area contributed by atoms with E-state index in [4.69, 9.17) is 4.84 Å². The van der Waals surface area contributed by atoms with Crippen molar-refractivity contribution >= 4 is 11.6 Å². The number of carbonyl (C=O) groups is 1. The highest BCUT2D eigenvalue weighted by Gasteiger charge is 2.46. The largest absolute Gasteiger partial charge is 0.346 e. The van der Waals surface area contributed by atoms with Gasteiger partial charge in [-0.2, -0.15) is 0 Å². The van der Waals surface area contributed by atoms with Crippen molar-refractivity contribution in [2.75, 3.05) is 32.1 Å². The van der Waals surface area contributed by atoms with Crippen molar-refractivity contribution in [2.45, 2.75) is 25.0 Å². The minimum Gasteiger partial charge on any atom is -0.346 e. The third-order valence-electron chi connectivity index (χ3n) is 4.33. The molecule has 0 radical (unpaired) electrons. The molecule has 2 saturated heterocycles. The van der Waals surface area contributed by atoms with Crippen molar-refractivity contribution in [2.24, 2.45) is 0 Å². The van der Waals surface area contributed by atoms with Crippen LogP contribution in [0, 0.1) is 0 Å². The van der Waals surface area contributed by atoms with Crippen LogP contribution in [0.5, 0.6) is 0 Å². The van der Waals surface area contributed by atoms with Crippen LogP contribution in [0.3, 0.4) is 0 Å². The maximum Gasteiger partial charge on any atom is 0.283 e. The molecule has 0 aliphatic carbocycles. The van der Waals surface area contributed by atoms with Gasteiger partial charge in [0, 0.05) is 31.9 Å². The highest BCUT2D eigenvalue weighted by Crippen LogP contribution is 2.33. The molecule has 1 amide bonds. The van der Waals surface area contributed by atoms with Crippen molar-refractivity contribution < 1.29 is 9.63 Å². The average Bonchev–Trinajstić information content (AvgIpc) is 3.07. The first-order chi connectivity index (χ1) is 9.72. The second-order valence-electron chi connectivity index (χ2n) is 5.41. The summed E-state index contributed by atoms with van der Waals surface area (Å²) in [6.07, 6.45) is 2.10. The molecule has 0 N–H and O–H groups in total. The third-order valence-corrected chi connectivity index (χ3v) is 4.33. The van der Waals surface area contributed by atoms with E-state index in [-0.39, 0.29) is 12.1 Å². The molecule has 2 fully saturated rings. The zero-order valence-electron chi connectivity index (χ0n) is 12.0. The molecule has 20 heavy (non-hydrogen) atoms. The second kappa shape index (κ2) is 5.42. The predicted octanol–water partition coefficient (Wildman–Crippen LogP) is 1.32. The zero-order chi connectivity index (χ0) is 14.1. The van der Waals surface area contributed by atoms with Crippen LogP contribution >= 0.6 is 0 Å². The molecule has 2 aliphatic heterocycles. The van der Waals surface area contributed by atoms with Crippen LogP contribution in [0.2, 0.25) is 0 Å². The van der Waals surface area contributed by atoms with Crippen LogP contribution in [0.4, 0.5) is 5.69 Å². The number of hydrogen-bond donors (Lipinski definition) is 0. The van der Waals surface area contributed by atoms with Gasteiger partial charge in [-0.3, -0.25) is 14.5 Å². The van der Waals surface area contributed by atoms with Gasteiger partial charge in [0.15, 0.2) is 6.17 Å². The van der Waals surface area contributed by atoms with E-state index in [0.717, 1.165) is 18.8 Å². The van der Waals surface area contributed by atoms with Gasteiger partial charge >= 0.3 is 0 Å². The summed E-state index contributed by atoms with van der Waals surface area (Å²) in [4.78, 5) is 22.2. The monoisotopic (exact) mass is 275 g/mol. The number of carbonyl (C=O) groups excluding carboxylic acids is 1. The second-order valence-corrected chi connectivity index (χ2v) is 5.41. The quantitative estimate of drug-likeness (QED) is 0.780. The zero-order valence-corrected chi connectivity index (χ0v) is 12.0. The Morgan fingerprint density at radius 1 is 1.35 bits per heavy atom. The number of rotatable bonds is 3. The van der Waals surface area contributed by atoms with E-state index in [1.807, 2.05) is 18.2 Å². The van der Waals surface area contributed by atoms with Crippen molar-refractivity contribution in [1.29, 1.82) is 0 Å². The number of fused-ring (bicyclic) bond motifs is 1. The SMILES string of the molecule is CON(C)C(=O)[C@H]1N(c2ccccc2)C[C@@H]2CCCN21. The van der Waals surface area contributed by atoms with E-state index in [1.54, 1.807) is 7.05 Å². The fourth-order valence-electron chi connectivity index (χ4n) is 3.28. The summed E-state index contributed by atoms with van der Waals surface area (Å²) in [6.45, 7) is 1.90. The number of hydroxylamine groups is 2. The summed E-state index contributed by atoms with van der Waals surface area (Å²) in [7, 11) is 3.20. The maximum atomic E-state index is 12.6. The van der Waals surface area contributed by atoms with Crippen molar-refractivity contribution in [1.82, 2.24) is 9.96 Å². The van der Waals surface area contributed by atoms with Gasteiger partial charge in [-0.15, -0.1) is 0 Å². The lowest BCUT2D eigenvalue weighted by molar-refractivity contribution is -0.173. The normalized spacial score (nSPS) is 25.8. The lowest BCUT2D eigenvalue weighted by Gasteiger charge is -2.31. The van der Waals surface area contributed by atoms with Gasteiger partial charge < -0.3 is 4.90 Å². The number of amides is 1. The topological polar surface area (TPSA) is 36.0 Å². The Labute approximate surface area is 119 Å². The average molecular weight is 275 g/mol. The van der Waals surface area contributed by atoms with Gasteiger partial charge in [-0.25, -0.2) is 5.06 Å². The van der Waals surface area contributed by atoms with Gasteiger partial charge in [-0.05, 0) is 25.0 Å². The number of hydrogen-bond acceptors (Lipinski definition) is 4. The van der Waals surface area contributed by atoms with Gasteiger partial charge in [0.2, 0.25) is 0 Å². The first-order valence-corrected chi connectivity index (χ1v) is 7.11. The molecule has 0 unspecified atom stereocenters. The number of nitrogens with zero attached hydrogens (tertiary/aromatic N) is 3. The molecule has 0 aromatic heterocycles. The highest BCUT2D eigenvalue weighted by atomic mass is 16.7. The van der Waals surface area contributed by atoms with Gasteiger partial charge in [0.25, 0.3) is 5.91 Å². The van der Waals surface area contributed by atoms with Crippen LogP contribution in [0.1, 0.15) is 12.8 Å². The lowest BCUT2D eigenvalue weighted by atomic mass is 10.2. The summed E-state index contributed by atoms with van der Waals surface area (Å²) < 4.78 is 0. The van der Waals surface area contributed by atoms with Gasteiger partial charge in [-0.1, -0.05) is 18.2 Å². The Kier molecular flexibility index (Phi) is 3.63. The fraction of sp³-hybridized carbons (Fsp3) is 0.533. The molecule has 2 aliphatic rings. The Hall–Kier alpha value is -1.59. The van der Waals surface area contributed by atoms with Crippen LogP contribution in [0.25, 0.3) is 0 Å². The Bertz CT molecular complexity index is 479. The molecule has 5 nitrogen and oxygen atoms in total. The van der Waals surface area contributed by atoms with Crippen molar-refractivity contribution in [3.05, 3.63) is 30.3 Å². The van der Waals surface area contributed by atoms with Crippen molar-refractivity contribution in [3.63, 3.8) is 0 Å². The molecule has 0 saturated carbocycles. The predicted molar refractivity (Wildman–Crippen MR) is 77.1 cm³/mol. The molecule has 2 heterocycles. The van der Waals surface area contributed by atoms with E-state index in [1.165, 1.54) is 25.0 Å². The maximum absolute atomic E-state index is 12.6. The minimum atomic E-state index is -0.241. The number of likely N-dealkylation sites (N-methyl/N-ethyl adjacent to an activating group) is 1. The van der Waals surface area contributed by atoms with Crippen LogP contribution in [-0.4, -0.2) is 55.3 Å². The first-order valence-electron chi connectivity index (χ1n) is 7.11. The number of para-hydroxylation sites is 1. The molecule has 3 rings (SSSR count). The van der Waals surface area contributed by atoms with E-state index < -0.39 is 0 Å². The van der Waals surface area contributed by atoms with E-state index in [9.17, 15) is 4.79 Å². The minimum absolute atomic E-state index is 0.000697. The smallest absolute Gasteiger partial charge is 0.283 e. The van der Waals surface area contributed by atoms with Gasteiger partial charge in [0.05, 0.1) is 7.11 Å². The van der Waals surface area contributed by atoms with Crippen LogP contribution < -0.4 is 4.90 Å². The summed E-state index contributed by atoms with van der Waals surface area (Å²) in [5, 5.41) is 1.33. The standard InChI is InChI=1S/C15H21N3O2/c1-16(20-2)15(19)14-17-10-6-9-13(17)11-18(14)12-7-4-3-5-8-12/h3-5,7-8,13-14H,6,9-11H2,1-2H3/t13-,14+/m0/s1. The van der Waals surface area contributed by atoms with Crippen LogP contribution in [0.15, 0.2) is 30.3 Å². The Balaban J connectivity index is 1.90. The molecule has 2 atom stereocenters. The number of anilines is 1. The highest BCUT2D eigenvalue weighted by molar-refractivity contribution is 5.84. The molecule has 5 heteroatoms. The number of benzene rings is 1. The lowest BCUT2D eigenvalue weighted by Crippen LogP contribution is -2.51. The molecular weight excluding hydrogens is 254 g/mol. The summed E-state index contributed by atoms with van der Waals surface area (Å²) >= 11 is 0. The molecule has 1 aromatic rings. The molecule has 108 valence electrons. The van der Waals surface area contributed by atoms with Gasteiger partial charge in [0.1, 0.15) is 0 Å². The summed E-state index contributed by atoms with van der Waals surface area (Å²) in [5.41, 5.74) is 1.10. The van der Waals surface area contributed by atoms with E-state index >= 15 is 0 Å².